The number of aryl methyl sites for hydroxylation is 1. The molecular formula is C18H20N2. The van der Waals surface area contributed by atoms with Crippen molar-refractivity contribution in [2.75, 3.05) is 0 Å². The third-order valence-electron chi connectivity index (χ3n) is 3.83. The first-order valence-corrected chi connectivity index (χ1v) is 6.98. The lowest BCUT2D eigenvalue weighted by atomic mass is 9.86. The summed E-state index contributed by atoms with van der Waals surface area (Å²) in [6.45, 7) is 6.72. The molecule has 2 aromatic heterocycles. The lowest BCUT2D eigenvalue weighted by molar-refractivity contribution is 0.590. The number of hydrogen-bond acceptors (Lipinski definition) is 1. The van der Waals surface area contributed by atoms with Crippen molar-refractivity contribution in [1.29, 1.82) is 0 Å². The predicted octanol–water partition coefficient (Wildman–Crippen LogP) is 4.54. The molecule has 2 heterocycles. The highest BCUT2D eigenvalue weighted by atomic mass is 15.0. The maximum atomic E-state index is 4.45. The molecule has 0 saturated heterocycles. The van der Waals surface area contributed by atoms with Crippen LogP contribution in [0.25, 0.3) is 22.3 Å². The molecule has 0 saturated carbocycles. The van der Waals surface area contributed by atoms with Crippen molar-refractivity contribution in [2.45, 2.75) is 26.2 Å². The van der Waals surface area contributed by atoms with Crippen molar-refractivity contribution in [2.24, 2.45) is 7.05 Å². The number of aromatic nitrogens is 2. The van der Waals surface area contributed by atoms with E-state index in [0.717, 1.165) is 5.65 Å². The van der Waals surface area contributed by atoms with Gasteiger partial charge in [-0.3, -0.25) is 0 Å². The van der Waals surface area contributed by atoms with E-state index in [0.29, 0.717) is 0 Å². The second-order valence-corrected chi connectivity index (χ2v) is 6.33. The minimum atomic E-state index is 0.193. The van der Waals surface area contributed by atoms with Crippen molar-refractivity contribution in [3.63, 3.8) is 0 Å². The quantitative estimate of drug-likeness (QED) is 0.631. The fraction of sp³-hybridized carbons (Fsp3) is 0.278. The number of fused-ring (bicyclic) bond motifs is 1. The second kappa shape index (κ2) is 4.48. The maximum absolute atomic E-state index is 4.45. The van der Waals surface area contributed by atoms with Gasteiger partial charge in [0.1, 0.15) is 5.65 Å². The summed E-state index contributed by atoms with van der Waals surface area (Å²) in [7, 11) is 2.07. The van der Waals surface area contributed by atoms with E-state index in [9.17, 15) is 0 Å². The van der Waals surface area contributed by atoms with E-state index in [-0.39, 0.29) is 5.41 Å². The van der Waals surface area contributed by atoms with Crippen LogP contribution in [0.3, 0.4) is 0 Å². The number of hydrogen-bond donors (Lipinski definition) is 0. The lowest BCUT2D eigenvalue weighted by Crippen LogP contribution is -2.10. The van der Waals surface area contributed by atoms with Gasteiger partial charge in [0.05, 0.1) is 5.69 Å². The summed E-state index contributed by atoms with van der Waals surface area (Å²) in [6.07, 6.45) is 1.84. The van der Waals surface area contributed by atoms with Gasteiger partial charge in [0.25, 0.3) is 0 Å². The van der Waals surface area contributed by atoms with Crippen molar-refractivity contribution >= 4 is 11.0 Å². The Morgan fingerprint density at radius 2 is 1.70 bits per heavy atom. The minimum Gasteiger partial charge on any atom is -0.328 e. The normalized spacial score (nSPS) is 12.0. The van der Waals surface area contributed by atoms with Gasteiger partial charge in [0, 0.05) is 18.6 Å². The van der Waals surface area contributed by atoms with Crippen molar-refractivity contribution in [3.05, 3.63) is 54.2 Å². The van der Waals surface area contributed by atoms with E-state index in [1.165, 1.54) is 22.2 Å². The highest BCUT2D eigenvalue weighted by molar-refractivity contribution is 5.84. The average Bonchev–Trinajstić information content (AvgIpc) is 2.76. The van der Waals surface area contributed by atoms with Gasteiger partial charge in [0.15, 0.2) is 0 Å². The monoisotopic (exact) mass is 264 g/mol. The van der Waals surface area contributed by atoms with Gasteiger partial charge >= 0.3 is 0 Å². The van der Waals surface area contributed by atoms with Gasteiger partial charge in [-0.1, -0.05) is 45.0 Å². The molecule has 102 valence electrons. The Balaban J connectivity index is 2.09. The van der Waals surface area contributed by atoms with Crippen LogP contribution in [0.15, 0.2) is 48.7 Å². The summed E-state index contributed by atoms with van der Waals surface area (Å²) < 4.78 is 2.15. The summed E-state index contributed by atoms with van der Waals surface area (Å²) >= 11 is 0. The Morgan fingerprint density at radius 3 is 2.30 bits per heavy atom. The van der Waals surface area contributed by atoms with Gasteiger partial charge < -0.3 is 4.57 Å². The van der Waals surface area contributed by atoms with Gasteiger partial charge in [-0.25, -0.2) is 4.98 Å². The molecule has 3 aromatic rings. The van der Waals surface area contributed by atoms with Crippen LogP contribution in [-0.2, 0) is 12.5 Å². The molecule has 0 amide bonds. The summed E-state index contributed by atoms with van der Waals surface area (Å²) in [6, 6.07) is 15.1. The summed E-state index contributed by atoms with van der Waals surface area (Å²) in [5.74, 6) is 0. The van der Waals surface area contributed by atoms with Gasteiger partial charge in [-0.15, -0.1) is 0 Å². The van der Waals surface area contributed by atoms with Crippen LogP contribution in [-0.4, -0.2) is 9.55 Å². The molecule has 0 unspecified atom stereocenters. The average molecular weight is 264 g/mol. The predicted molar refractivity (Wildman–Crippen MR) is 84.9 cm³/mol. The molecule has 1 aromatic carbocycles. The number of pyridine rings is 1. The van der Waals surface area contributed by atoms with Crippen molar-refractivity contribution < 1.29 is 0 Å². The van der Waals surface area contributed by atoms with Crippen molar-refractivity contribution in [1.82, 2.24) is 9.55 Å². The molecule has 0 fully saturated rings. The fourth-order valence-electron chi connectivity index (χ4n) is 2.58. The molecule has 0 bridgehead atoms. The Bertz CT molecular complexity index is 743. The van der Waals surface area contributed by atoms with Crippen LogP contribution in [0, 0.1) is 0 Å². The van der Waals surface area contributed by atoms with E-state index in [1.807, 2.05) is 12.3 Å². The third-order valence-corrected chi connectivity index (χ3v) is 3.83. The zero-order chi connectivity index (χ0) is 14.3. The minimum absolute atomic E-state index is 0.193. The number of rotatable bonds is 1. The van der Waals surface area contributed by atoms with Gasteiger partial charge in [-0.05, 0) is 34.7 Å². The lowest BCUT2D eigenvalue weighted by Gasteiger charge is -2.19. The molecule has 2 nitrogen and oxygen atoms in total. The van der Waals surface area contributed by atoms with Gasteiger partial charge in [0.2, 0.25) is 0 Å². The van der Waals surface area contributed by atoms with E-state index >= 15 is 0 Å². The van der Waals surface area contributed by atoms with Crippen LogP contribution >= 0.6 is 0 Å². The third kappa shape index (κ3) is 2.11. The molecule has 0 aliphatic heterocycles. The van der Waals surface area contributed by atoms with E-state index in [4.69, 9.17) is 0 Å². The summed E-state index contributed by atoms with van der Waals surface area (Å²) in [4.78, 5) is 4.45. The zero-order valence-corrected chi connectivity index (χ0v) is 12.5. The molecule has 0 aliphatic rings. The Kier molecular flexibility index (Phi) is 2.89. The topological polar surface area (TPSA) is 17.8 Å². The Hall–Kier alpha value is -2.09. The molecule has 0 spiro atoms. The SMILES string of the molecule is Cn1c(-c2ccc(C(C)(C)C)cc2)cc2cccnc21. The van der Waals surface area contributed by atoms with E-state index < -0.39 is 0 Å². The Labute approximate surface area is 120 Å². The summed E-state index contributed by atoms with van der Waals surface area (Å²) in [5, 5.41) is 1.19. The largest absolute Gasteiger partial charge is 0.328 e. The number of benzene rings is 1. The molecule has 20 heavy (non-hydrogen) atoms. The molecule has 0 aliphatic carbocycles. The van der Waals surface area contributed by atoms with Crippen molar-refractivity contribution in [3.8, 4) is 11.3 Å². The van der Waals surface area contributed by atoms with E-state index in [2.05, 4.69) is 73.8 Å². The fourth-order valence-corrected chi connectivity index (χ4v) is 2.58. The molecule has 0 atom stereocenters. The molecule has 0 N–H and O–H groups in total. The van der Waals surface area contributed by atoms with Crippen LogP contribution in [0.5, 0.6) is 0 Å². The Morgan fingerprint density at radius 1 is 1.00 bits per heavy atom. The first kappa shape index (κ1) is 12.9. The molecule has 2 heteroatoms. The molecular weight excluding hydrogens is 244 g/mol. The highest BCUT2D eigenvalue weighted by Gasteiger charge is 2.14. The number of nitrogens with zero attached hydrogens (tertiary/aromatic N) is 2. The standard InChI is InChI=1S/C18H20N2/c1-18(2,3)15-9-7-13(8-10-15)16-12-14-6-5-11-19-17(14)20(16)4/h5-12H,1-4H3. The van der Waals surface area contributed by atoms with Crippen LogP contribution in [0.2, 0.25) is 0 Å². The maximum Gasteiger partial charge on any atom is 0.140 e. The molecule has 0 radical (unpaired) electrons. The zero-order valence-electron chi connectivity index (χ0n) is 12.5. The van der Waals surface area contributed by atoms with Crippen LogP contribution in [0.4, 0.5) is 0 Å². The first-order valence-electron chi connectivity index (χ1n) is 6.98. The first-order chi connectivity index (χ1) is 9.47. The van der Waals surface area contributed by atoms with E-state index in [1.54, 1.807) is 0 Å². The van der Waals surface area contributed by atoms with Crippen LogP contribution in [0.1, 0.15) is 26.3 Å². The smallest absolute Gasteiger partial charge is 0.140 e. The van der Waals surface area contributed by atoms with Gasteiger partial charge in [-0.2, -0.15) is 0 Å². The highest BCUT2D eigenvalue weighted by Crippen LogP contribution is 2.28. The summed E-state index contributed by atoms with van der Waals surface area (Å²) in [5.41, 5.74) is 5.03. The van der Waals surface area contributed by atoms with Crippen LogP contribution < -0.4 is 0 Å². The molecule has 3 rings (SSSR count). The second-order valence-electron chi connectivity index (χ2n) is 6.33.